The fourth-order valence-electron chi connectivity index (χ4n) is 3.39. The summed E-state index contributed by atoms with van der Waals surface area (Å²) in [5, 5.41) is 15.0. The highest BCUT2D eigenvalue weighted by Gasteiger charge is 2.25. The molecule has 0 bridgehead atoms. The zero-order valence-electron chi connectivity index (χ0n) is 15.9. The van der Waals surface area contributed by atoms with Crippen LogP contribution in [0.5, 0.6) is 0 Å². The van der Waals surface area contributed by atoms with Crippen molar-refractivity contribution in [3.05, 3.63) is 82.3 Å². The fraction of sp³-hybridized carbons (Fsp3) is 0.182. The molecule has 30 heavy (non-hydrogen) atoms. The standard InChI is InChI=1S/C22H18FN5O2/c23-20-6-1-13(7-19(20)21(29)27-17-4-5-17)12-28-22(30)18-8-14(16-9-24-25-10-16)2-3-15(18)11-26-28/h1-3,6-11,17H,4-5,12H2,(H,24,25)(H,27,29). The first-order valence-electron chi connectivity index (χ1n) is 9.67. The van der Waals surface area contributed by atoms with Crippen molar-refractivity contribution in [3.8, 4) is 11.1 Å². The number of benzene rings is 2. The van der Waals surface area contributed by atoms with Gasteiger partial charge in [-0.15, -0.1) is 0 Å². The number of rotatable bonds is 5. The second-order valence-electron chi connectivity index (χ2n) is 7.46. The van der Waals surface area contributed by atoms with Gasteiger partial charge in [0.15, 0.2) is 0 Å². The van der Waals surface area contributed by atoms with E-state index in [9.17, 15) is 14.0 Å². The largest absolute Gasteiger partial charge is 0.349 e. The van der Waals surface area contributed by atoms with Crippen LogP contribution >= 0.6 is 0 Å². The number of carbonyl (C=O) groups excluding carboxylic acids is 1. The molecule has 0 spiro atoms. The second kappa shape index (κ2) is 7.22. The predicted octanol–water partition coefficient (Wildman–Crippen LogP) is 2.87. The van der Waals surface area contributed by atoms with E-state index < -0.39 is 11.7 Å². The zero-order valence-corrected chi connectivity index (χ0v) is 15.9. The molecule has 0 unspecified atom stereocenters. The van der Waals surface area contributed by atoms with E-state index in [0.29, 0.717) is 10.9 Å². The third-order valence-electron chi connectivity index (χ3n) is 5.21. The van der Waals surface area contributed by atoms with Crippen molar-refractivity contribution < 1.29 is 9.18 Å². The number of amides is 1. The number of halogens is 1. The molecule has 1 amide bonds. The van der Waals surface area contributed by atoms with E-state index >= 15 is 0 Å². The Labute approximate surface area is 170 Å². The SMILES string of the molecule is O=C(NC1CC1)c1cc(Cn2ncc3ccc(-c4cn[nH]c4)cc3c2=O)ccc1F. The number of nitrogens with zero attached hydrogens (tertiary/aromatic N) is 3. The van der Waals surface area contributed by atoms with Crippen LogP contribution in [-0.4, -0.2) is 31.9 Å². The van der Waals surface area contributed by atoms with Gasteiger partial charge in [0.1, 0.15) is 5.82 Å². The first-order valence-corrected chi connectivity index (χ1v) is 9.67. The lowest BCUT2D eigenvalue weighted by Crippen LogP contribution is -2.27. The summed E-state index contributed by atoms with van der Waals surface area (Å²) in [5.74, 6) is -1.01. The Balaban J connectivity index is 1.48. The van der Waals surface area contributed by atoms with Gasteiger partial charge in [0.05, 0.1) is 29.9 Å². The minimum atomic E-state index is -0.583. The van der Waals surface area contributed by atoms with Crippen LogP contribution in [0.25, 0.3) is 21.9 Å². The molecule has 2 N–H and O–H groups in total. The van der Waals surface area contributed by atoms with Gasteiger partial charge in [-0.25, -0.2) is 9.07 Å². The number of aromatic nitrogens is 4. The van der Waals surface area contributed by atoms with Gasteiger partial charge in [0.2, 0.25) is 0 Å². The maximum Gasteiger partial charge on any atom is 0.274 e. The molecule has 150 valence electrons. The fourth-order valence-corrected chi connectivity index (χ4v) is 3.39. The number of hydrogen-bond acceptors (Lipinski definition) is 4. The summed E-state index contributed by atoms with van der Waals surface area (Å²) in [6.45, 7) is 0.134. The minimum absolute atomic E-state index is 0.0181. The molecular weight excluding hydrogens is 385 g/mol. The Bertz CT molecular complexity index is 1310. The zero-order chi connectivity index (χ0) is 20.7. The van der Waals surface area contributed by atoms with E-state index in [-0.39, 0.29) is 23.7 Å². The highest BCUT2D eigenvalue weighted by molar-refractivity contribution is 5.95. The molecule has 0 aliphatic heterocycles. The first-order chi connectivity index (χ1) is 14.6. The van der Waals surface area contributed by atoms with Crippen LogP contribution in [0, 0.1) is 5.82 Å². The number of hydrogen-bond donors (Lipinski definition) is 2. The lowest BCUT2D eigenvalue weighted by molar-refractivity contribution is 0.0947. The van der Waals surface area contributed by atoms with Gasteiger partial charge in [0.25, 0.3) is 11.5 Å². The maximum atomic E-state index is 14.1. The molecule has 1 fully saturated rings. The van der Waals surface area contributed by atoms with E-state index in [1.807, 2.05) is 12.1 Å². The van der Waals surface area contributed by atoms with Gasteiger partial charge >= 0.3 is 0 Å². The summed E-state index contributed by atoms with van der Waals surface area (Å²) < 4.78 is 15.5. The molecule has 2 aromatic heterocycles. The number of carbonyl (C=O) groups is 1. The Morgan fingerprint density at radius 3 is 2.80 bits per heavy atom. The third-order valence-corrected chi connectivity index (χ3v) is 5.21. The lowest BCUT2D eigenvalue weighted by Gasteiger charge is -2.10. The molecule has 5 rings (SSSR count). The number of fused-ring (bicyclic) bond motifs is 1. The van der Waals surface area contributed by atoms with Crippen molar-refractivity contribution in [2.24, 2.45) is 0 Å². The van der Waals surface area contributed by atoms with Crippen LogP contribution in [0.15, 0.2) is 59.8 Å². The van der Waals surface area contributed by atoms with Crippen molar-refractivity contribution in [1.82, 2.24) is 25.3 Å². The highest BCUT2D eigenvalue weighted by atomic mass is 19.1. The average molecular weight is 403 g/mol. The molecule has 2 aromatic carbocycles. The van der Waals surface area contributed by atoms with Crippen LogP contribution < -0.4 is 10.9 Å². The number of nitrogens with one attached hydrogen (secondary N) is 2. The number of aromatic amines is 1. The second-order valence-corrected chi connectivity index (χ2v) is 7.46. The average Bonchev–Trinajstić information content (AvgIpc) is 3.39. The topological polar surface area (TPSA) is 92.7 Å². The Kier molecular flexibility index (Phi) is 4.39. The van der Waals surface area contributed by atoms with Gasteiger partial charge in [-0.1, -0.05) is 18.2 Å². The number of H-pyrrole nitrogens is 1. The van der Waals surface area contributed by atoms with Crippen molar-refractivity contribution in [3.63, 3.8) is 0 Å². The van der Waals surface area contributed by atoms with Crippen molar-refractivity contribution in [2.75, 3.05) is 0 Å². The van der Waals surface area contributed by atoms with Crippen molar-refractivity contribution in [2.45, 2.75) is 25.4 Å². The molecule has 2 heterocycles. The van der Waals surface area contributed by atoms with Crippen molar-refractivity contribution >= 4 is 16.7 Å². The van der Waals surface area contributed by atoms with E-state index in [2.05, 4.69) is 20.6 Å². The van der Waals surface area contributed by atoms with Crippen LogP contribution in [0.4, 0.5) is 4.39 Å². The molecule has 0 atom stereocenters. The third kappa shape index (κ3) is 3.47. The van der Waals surface area contributed by atoms with E-state index in [1.54, 1.807) is 30.7 Å². The normalized spacial score (nSPS) is 13.5. The molecular formula is C22H18FN5O2. The molecule has 4 aromatic rings. The van der Waals surface area contributed by atoms with Gasteiger partial charge in [-0.3, -0.25) is 14.7 Å². The monoisotopic (exact) mass is 403 g/mol. The maximum absolute atomic E-state index is 14.1. The molecule has 7 nitrogen and oxygen atoms in total. The van der Waals surface area contributed by atoms with E-state index in [4.69, 9.17) is 0 Å². The van der Waals surface area contributed by atoms with Crippen LogP contribution in [0.1, 0.15) is 28.8 Å². The molecule has 1 aliphatic rings. The summed E-state index contributed by atoms with van der Waals surface area (Å²) in [6.07, 6.45) is 6.91. The van der Waals surface area contributed by atoms with E-state index in [1.165, 1.54) is 16.8 Å². The molecule has 0 radical (unpaired) electrons. The molecule has 1 saturated carbocycles. The quantitative estimate of drug-likeness (QED) is 0.536. The lowest BCUT2D eigenvalue weighted by atomic mass is 10.1. The summed E-state index contributed by atoms with van der Waals surface area (Å²) in [7, 11) is 0. The minimum Gasteiger partial charge on any atom is -0.349 e. The van der Waals surface area contributed by atoms with Crippen LogP contribution in [-0.2, 0) is 6.54 Å². The van der Waals surface area contributed by atoms with Gasteiger partial charge in [-0.05, 0) is 42.2 Å². The smallest absolute Gasteiger partial charge is 0.274 e. The summed E-state index contributed by atoms with van der Waals surface area (Å²) in [6, 6.07) is 9.98. The highest BCUT2D eigenvalue weighted by Crippen LogP contribution is 2.22. The Morgan fingerprint density at radius 1 is 1.17 bits per heavy atom. The Morgan fingerprint density at radius 2 is 2.03 bits per heavy atom. The first kappa shape index (κ1) is 18.2. The van der Waals surface area contributed by atoms with Gasteiger partial charge < -0.3 is 5.32 Å². The summed E-state index contributed by atoms with van der Waals surface area (Å²) >= 11 is 0. The van der Waals surface area contributed by atoms with Crippen LogP contribution in [0.3, 0.4) is 0 Å². The molecule has 8 heteroatoms. The van der Waals surface area contributed by atoms with Crippen LogP contribution in [0.2, 0.25) is 0 Å². The molecule has 0 saturated heterocycles. The summed E-state index contributed by atoms with van der Waals surface area (Å²) in [4.78, 5) is 25.3. The van der Waals surface area contributed by atoms with Gasteiger partial charge in [0, 0.05) is 23.2 Å². The van der Waals surface area contributed by atoms with Gasteiger partial charge in [-0.2, -0.15) is 10.2 Å². The molecule has 1 aliphatic carbocycles. The summed E-state index contributed by atoms with van der Waals surface area (Å²) in [5.41, 5.74) is 2.09. The van der Waals surface area contributed by atoms with Crippen molar-refractivity contribution in [1.29, 1.82) is 0 Å². The Hall–Kier alpha value is -3.81. The predicted molar refractivity (Wildman–Crippen MR) is 110 cm³/mol. The van der Waals surface area contributed by atoms with E-state index in [0.717, 1.165) is 29.4 Å².